The summed E-state index contributed by atoms with van der Waals surface area (Å²) in [5.41, 5.74) is -0.780. The third kappa shape index (κ3) is 2.00. The highest BCUT2D eigenvalue weighted by Gasteiger charge is 2.22. The van der Waals surface area contributed by atoms with Gasteiger partial charge < -0.3 is 4.74 Å². The van der Waals surface area contributed by atoms with Gasteiger partial charge in [-0.3, -0.25) is 10.1 Å². The van der Waals surface area contributed by atoms with Crippen molar-refractivity contribution in [1.29, 1.82) is 0 Å². The van der Waals surface area contributed by atoms with E-state index in [0.29, 0.717) is 0 Å². The van der Waals surface area contributed by atoms with E-state index in [2.05, 4.69) is 14.7 Å². The zero-order valence-corrected chi connectivity index (χ0v) is 7.34. The lowest BCUT2D eigenvalue weighted by molar-refractivity contribution is -0.385. The first-order chi connectivity index (χ1) is 6.66. The maximum atomic E-state index is 11.2. The van der Waals surface area contributed by atoms with E-state index in [0.717, 1.165) is 12.5 Å². The van der Waals surface area contributed by atoms with Crippen LogP contribution in [0.15, 0.2) is 12.5 Å². The summed E-state index contributed by atoms with van der Waals surface area (Å²) in [6.45, 7) is 1.74. The summed E-state index contributed by atoms with van der Waals surface area (Å²) in [4.78, 5) is 27.8. The molecule has 1 rings (SSSR count). The van der Waals surface area contributed by atoms with E-state index in [1.165, 1.54) is 0 Å². The van der Waals surface area contributed by atoms with E-state index in [9.17, 15) is 14.9 Å². The SMILES string of the molecule is CCOC(=O)c1ncncc1[N+](=O)[O-]. The molecule has 7 nitrogen and oxygen atoms in total. The van der Waals surface area contributed by atoms with Crippen LogP contribution < -0.4 is 0 Å². The Labute approximate surface area is 78.9 Å². The van der Waals surface area contributed by atoms with Crippen LogP contribution in [-0.4, -0.2) is 27.5 Å². The molecule has 0 amide bonds. The molecule has 0 aromatic carbocycles. The second kappa shape index (κ2) is 4.26. The fourth-order valence-corrected chi connectivity index (χ4v) is 0.813. The standard InChI is InChI=1S/C7H7N3O4/c1-2-14-7(11)6-5(10(12)13)3-8-4-9-6/h3-4H,2H2,1H3. The fourth-order valence-electron chi connectivity index (χ4n) is 0.813. The van der Waals surface area contributed by atoms with Gasteiger partial charge in [0.25, 0.3) is 0 Å². The minimum absolute atomic E-state index is 0.139. The average Bonchev–Trinajstić information content (AvgIpc) is 2.18. The maximum Gasteiger partial charge on any atom is 0.364 e. The van der Waals surface area contributed by atoms with Gasteiger partial charge in [0, 0.05) is 0 Å². The second-order valence-electron chi connectivity index (χ2n) is 2.23. The zero-order valence-electron chi connectivity index (χ0n) is 7.34. The van der Waals surface area contributed by atoms with Gasteiger partial charge in [0.15, 0.2) is 0 Å². The van der Waals surface area contributed by atoms with Crippen LogP contribution in [0.25, 0.3) is 0 Å². The topological polar surface area (TPSA) is 95.2 Å². The highest BCUT2D eigenvalue weighted by atomic mass is 16.6. The summed E-state index contributed by atoms with van der Waals surface area (Å²) in [7, 11) is 0. The normalized spacial score (nSPS) is 9.50. The number of aromatic nitrogens is 2. The molecule has 1 aromatic heterocycles. The molecule has 0 fully saturated rings. The first-order valence-electron chi connectivity index (χ1n) is 3.78. The molecule has 0 aliphatic rings. The van der Waals surface area contributed by atoms with Crippen molar-refractivity contribution < 1.29 is 14.5 Å². The van der Waals surface area contributed by atoms with Crippen molar-refractivity contribution in [2.24, 2.45) is 0 Å². The molecule has 0 radical (unpaired) electrons. The van der Waals surface area contributed by atoms with Crippen molar-refractivity contribution >= 4 is 11.7 Å². The molecule has 0 atom stereocenters. The fraction of sp³-hybridized carbons (Fsp3) is 0.286. The van der Waals surface area contributed by atoms with Crippen molar-refractivity contribution in [2.45, 2.75) is 6.92 Å². The van der Waals surface area contributed by atoms with Gasteiger partial charge >= 0.3 is 11.7 Å². The predicted molar refractivity (Wildman–Crippen MR) is 44.6 cm³/mol. The van der Waals surface area contributed by atoms with E-state index < -0.39 is 16.6 Å². The smallest absolute Gasteiger partial charge is 0.364 e. The van der Waals surface area contributed by atoms with Crippen molar-refractivity contribution in [2.75, 3.05) is 6.61 Å². The minimum Gasteiger partial charge on any atom is -0.461 e. The number of nitrogens with zero attached hydrogens (tertiary/aromatic N) is 3. The monoisotopic (exact) mass is 197 g/mol. The molecule has 14 heavy (non-hydrogen) atoms. The summed E-state index contributed by atoms with van der Waals surface area (Å²) in [5, 5.41) is 10.4. The van der Waals surface area contributed by atoms with Gasteiger partial charge in [-0.05, 0) is 6.92 Å². The number of carbonyl (C=O) groups is 1. The number of hydrogen-bond donors (Lipinski definition) is 0. The molecule has 0 saturated heterocycles. The van der Waals surface area contributed by atoms with Crippen LogP contribution in [0.2, 0.25) is 0 Å². The molecule has 1 heterocycles. The van der Waals surface area contributed by atoms with E-state index in [1.54, 1.807) is 6.92 Å². The maximum absolute atomic E-state index is 11.2. The van der Waals surface area contributed by atoms with E-state index >= 15 is 0 Å². The quantitative estimate of drug-likeness (QED) is 0.399. The van der Waals surface area contributed by atoms with Crippen molar-refractivity contribution in [3.05, 3.63) is 28.3 Å². The number of ether oxygens (including phenoxy) is 1. The van der Waals surface area contributed by atoms with Gasteiger partial charge in [0.2, 0.25) is 5.69 Å². The number of rotatable bonds is 3. The van der Waals surface area contributed by atoms with E-state index in [1.807, 2.05) is 0 Å². The van der Waals surface area contributed by atoms with E-state index in [-0.39, 0.29) is 12.3 Å². The minimum atomic E-state index is -0.818. The molecule has 0 aliphatic carbocycles. The molecule has 0 spiro atoms. The first kappa shape index (κ1) is 10.0. The van der Waals surface area contributed by atoms with E-state index in [4.69, 9.17) is 0 Å². The Hall–Kier alpha value is -2.05. The van der Waals surface area contributed by atoms with Crippen LogP contribution >= 0.6 is 0 Å². The third-order valence-corrected chi connectivity index (χ3v) is 1.36. The predicted octanol–water partition coefficient (Wildman–Crippen LogP) is 0.561. The Kier molecular flexibility index (Phi) is 3.05. The number of carbonyl (C=O) groups excluding carboxylic acids is 1. The number of hydrogen-bond acceptors (Lipinski definition) is 6. The van der Waals surface area contributed by atoms with Crippen LogP contribution in [0.3, 0.4) is 0 Å². The van der Waals surface area contributed by atoms with Crippen LogP contribution in [0, 0.1) is 10.1 Å². The molecular formula is C7H7N3O4. The summed E-state index contributed by atoms with van der Waals surface area (Å²) in [5.74, 6) is -0.818. The summed E-state index contributed by atoms with van der Waals surface area (Å²) < 4.78 is 4.59. The average molecular weight is 197 g/mol. The Morgan fingerprint density at radius 2 is 2.43 bits per heavy atom. The molecule has 0 aliphatic heterocycles. The second-order valence-corrected chi connectivity index (χ2v) is 2.23. The lowest BCUT2D eigenvalue weighted by atomic mass is 10.3. The molecule has 0 saturated carbocycles. The summed E-state index contributed by atoms with van der Waals surface area (Å²) in [6.07, 6.45) is 2.01. The summed E-state index contributed by atoms with van der Waals surface area (Å²) in [6, 6.07) is 0. The Bertz CT molecular complexity index is 366. The van der Waals surface area contributed by atoms with Crippen molar-refractivity contribution in [3.8, 4) is 0 Å². The van der Waals surface area contributed by atoms with Gasteiger partial charge in [-0.15, -0.1) is 0 Å². The molecule has 1 aromatic rings. The highest BCUT2D eigenvalue weighted by Crippen LogP contribution is 2.14. The lowest BCUT2D eigenvalue weighted by Gasteiger charge is -2.00. The molecule has 0 N–H and O–H groups in total. The number of nitro groups is 1. The van der Waals surface area contributed by atoms with Gasteiger partial charge in [0.05, 0.1) is 11.5 Å². The van der Waals surface area contributed by atoms with Crippen LogP contribution in [-0.2, 0) is 4.74 Å². The van der Waals surface area contributed by atoms with Gasteiger partial charge in [0.1, 0.15) is 12.5 Å². The third-order valence-electron chi connectivity index (χ3n) is 1.36. The van der Waals surface area contributed by atoms with Gasteiger partial charge in [-0.25, -0.2) is 14.8 Å². The molecular weight excluding hydrogens is 190 g/mol. The molecule has 7 heteroatoms. The molecule has 0 bridgehead atoms. The first-order valence-corrected chi connectivity index (χ1v) is 3.78. The lowest BCUT2D eigenvalue weighted by Crippen LogP contribution is -2.10. The van der Waals surface area contributed by atoms with Gasteiger partial charge in [-0.1, -0.05) is 0 Å². The van der Waals surface area contributed by atoms with Crippen molar-refractivity contribution in [3.63, 3.8) is 0 Å². The Morgan fingerprint density at radius 3 is 3.00 bits per heavy atom. The van der Waals surface area contributed by atoms with Gasteiger partial charge in [-0.2, -0.15) is 0 Å². The molecule has 0 unspecified atom stereocenters. The van der Waals surface area contributed by atoms with Crippen molar-refractivity contribution in [1.82, 2.24) is 9.97 Å². The Morgan fingerprint density at radius 1 is 1.71 bits per heavy atom. The van der Waals surface area contributed by atoms with Crippen LogP contribution in [0.4, 0.5) is 5.69 Å². The highest BCUT2D eigenvalue weighted by molar-refractivity contribution is 5.91. The van der Waals surface area contributed by atoms with Crippen LogP contribution in [0.1, 0.15) is 17.4 Å². The van der Waals surface area contributed by atoms with Crippen LogP contribution in [0.5, 0.6) is 0 Å². The number of esters is 1. The Balaban J connectivity index is 3.07. The summed E-state index contributed by atoms with van der Waals surface area (Å²) >= 11 is 0. The molecule has 74 valence electrons. The zero-order chi connectivity index (χ0) is 10.6. The largest absolute Gasteiger partial charge is 0.461 e.